The van der Waals surface area contributed by atoms with Crippen LogP contribution in [-0.2, 0) is 26.2 Å². The van der Waals surface area contributed by atoms with Crippen LogP contribution in [0.15, 0.2) is 495 Å². The van der Waals surface area contributed by atoms with Crippen LogP contribution in [0.1, 0.15) is 91.7 Å². The largest absolute Gasteiger partial charge is 0.309 e. The van der Waals surface area contributed by atoms with E-state index in [2.05, 4.69) is 495 Å². The van der Waals surface area contributed by atoms with Crippen LogP contribution in [0.2, 0.25) is 0 Å². The third-order valence-corrected chi connectivity index (χ3v) is 41.5. The Hall–Kier alpha value is -16.5. The zero-order chi connectivity index (χ0) is 96.7. The smallest absolute Gasteiger partial charge is 0.171 e. The van der Waals surface area contributed by atoms with Gasteiger partial charge >= 0.3 is 0 Å². The maximum absolute atomic E-state index is 16.6. The maximum Gasteiger partial charge on any atom is 0.171 e. The van der Waals surface area contributed by atoms with Gasteiger partial charge in [0.1, 0.15) is 0 Å². The second-order valence-corrected chi connectivity index (χ2v) is 47.7. The lowest BCUT2D eigenvalue weighted by Gasteiger charge is -2.50. The van der Waals surface area contributed by atoms with E-state index in [1.54, 1.807) is 0 Å². The number of para-hydroxylation sites is 9. The standard InChI is InChI=1S/C49H30NOPS.C46H31NS.C43H25NS2/c51-52(32-14-2-1-3-15-32)44-26-10-7-22-39(44)49(38-21-6-9-25-43(38)50-42-24-8-4-16-34(42)36-19-13-23-41(49)47(36)50)40-29-28-31(30-45(40)52)33-18-12-20-37-35-17-5-11-27-46(35)53-48(33)37;1-45(2)34-18-5-6-19-35(34)46(36-26-25-28(27-39(36)45)29-15-11-17-33-31-14-4-10-24-42(31)48-44(29)33)37-20-7-9-23-41(37)47-40-22-8-3-13-30(40)32-16-12-21-38(46)43(32)47;1-5-19-36-28(11-1)30-14-10-18-35-41(30)44(36)37-20-6-3-16-32(37)43(35)33-17-4-8-22-39(33)45-40-25-26(23-24-34(40)43)27-13-9-15-31-29-12-2-7-21-38(29)46-42(27)31/h1-30H;3-27H,1-2H3;1-25H. The van der Waals surface area contributed by atoms with E-state index in [0.29, 0.717) is 0 Å². The molecule has 0 radical (unpaired) electrons. The van der Waals surface area contributed by atoms with Crippen LogP contribution in [0.25, 0.3) is 176 Å². The summed E-state index contributed by atoms with van der Waals surface area (Å²) in [6.07, 6.45) is 0. The summed E-state index contributed by atoms with van der Waals surface area (Å²) in [5.74, 6) is 0. The third-order valence-electron chi connectivity index (χ3n) is 33.6. The molecular formula is C138H86N3OPS4. The predicted octanol–water partition coefficient (Wildman–Crippen LogP) is 35.6. The number of hydrogen-bond donors (Lipinski definition) is 0. The van der Waals surface area contributed by atoms with Crippen molar-refractivity contribution in [1.82, 2.24) is 13.7 Å². The van der Waals surface area contributed by atoms with Crippen molar-refractivity contribution < 1.29 is 4.57 Å². The minimum atomic E-state index is -3.38. The lowest BCUT2D eigenvalue weighted by molar-refractivity contribution is 0.556. The molecule has 11 heterocycles. The molecule has 0 fully saturated rings. The SMILES string of the molecule is CC1(C)c2ccccc2C2(c3ccccc3-n3c4ccccc4c4cccc2c43)c2ccc(-c3cccc4c3sc3ccccc34)cc21.O=P1(c2ccccc2)c2ccccc2C2(c3ccccc3-n3c4ccccc4c4cccc2c43)c2ccc(-c3cccc4c3sc3ccccc34)cc21.c1ccc2c(c1)Sc1cc(-c3cccc4c3sc3ccccc34)ccc1C21c2ccccc2-n2c3ccccc3c3cccc1c32. The molecule has 4 unspecified atom stereocenters. The van der Waals surface area contributed by atoms with Gasteiger partial charge in [0.2, 0.25) is 0 Å². The number of nitrogens with zero attached hydrogens (tertiary/aromatic N) is 3. The molecule has 5 aliphatic heterocycles. The zero-order valence-corrected chi connectivity index (χ0v) is 84.2. The van der Waals surface area contributed by atoms with Crippen molar-refractivity contribution in [2.24, 2.45) is 0 Å². The van der Waals surface area contributed by atoms with Gasteiger partial charge in [-0.15, -0.1) is 34.0 Å². The van der Waals surface area contributed by atoms with E-state index in [-0.39, 0.29) is 5.41 Å². The maximum atomic E-state index is 16.6. The van der Waals surface area contributed by atoms with E-state index in [1.807, 2.05) is 64.0 Å². The summed E-state index contributed by atoms with van der Waals surface area (Å²) in [5, 5.41) is 18.3. The van der Waals surface area contributed by atoms with Gasteiger partial charge in [-0.3, -0.25) is 0 Å². The monoisotopic (exact) mass is 1960 g/mol. The van der Waals surface area contributed by atoms with Gasteiger partial charge in [0.15, 0.2) is 7.14 Å². The number of thiophene rings is 3. The van der Waals surface area contributed by atoms with Crippen LogP contribution < -0.4 is 15.9 Å². The van der Waals surface area contributed by atoms with E-state index >= 15 is 4.57 Å². The Morgan fingerprint density at radius 3 is 1.01 bits per heavy atom. The van der Waals surface area contributed by atoms with Crippen LogP contribution in [0.4, 0.5) is 0 Å². The minimum absolute atomic E-state index is 0.200. The fourth-order valence-electron chi connectivity index (χ4n) is 27.7. The zero-order valence-electron chi connectivity index (χ0n) is 80.0. The second-order valence-electron chi connectivity index (χ2n) is 40.7. The molecule has 0 bridgehead atoms. The van der Waals surface area contributed by atoms with Crippen molar-refractivity contribution >= 4 is 195 Å². The Bertz CT molecular complexity index is 10700. The summed E-state index contributed by atoms with van der Waals surface area (Å²) in [4.78, 5) is 2.65. The molecule has 688 valence electrons. The van der Waals surface area contributed by atoms with Crippen molar-refractivity contribution in [2.75, 3.05) is 0 Å². The lowest BCUT2D eigenvalue weighted by atomic mass is 9.53. The van der Waals surface area contributed by atoms with Crippen LogP contribution in [0, 0.1) is 0 Å². The highest BCUT2D eigenvalue weighted by molar-refractivity contribution is 7.99. The normalized spacial score (nSPS) is 17.3. The molecule has 0 N–H and O–H groups in total. The summed E-state index contributed by atoms with van der Waals surface area (Å²) < 4.78 is 32.1. The molecule has 34 rings (SSSR count). The summed E-state index contributed by atoms with van der Waals surface area (Å²) in [5.41, 5.74) is 35.1. The number of fused-ring (bicyclic) bond motifs is 42. The third kappa shape index (κ3) is 11.0. The molecular weight excluding hydrogens is 1870 g/mol. The van der Waals surface area contributed by atoms with Gasteiger partial charge in [0.05, 0.1) is 66.4 Å². The van der Waals surface area contributed by atoms with E-state index < -0.39 is 23.4 Å². The van der Waals surface area contributed by atoms with Gasteiger partial charge < -0.3 is 18.3 Å². The summed E-state index contributed by atoms with van der Waals surface area (Å²) in [6.45, 7) is 4.85. The van der Waals surface area contributed by atoms with E-state index in [9.17, 15) is 0 Å². The first kappa shape index (κ1) is 83.9. The molecule has 6 aliphatic rings. The van der Waals surface area contributed by atoms with Crippen molar-refractivity contribution in [2.45, 2.75) is 45.3 Å². The van der Waals surface area contributed by atoms with Crippen LogP contribution >= 0.6 is 52.9 Å². The Morgan fingerprint density at radius 1 is 0.211 bits per heavy atom. The van der Waals surface area contributed by atoms with E-state index in [0.717, 1.165) is 38.3 Å². The quantitative estimate of drug-likeness (QED) is 0.165. The number of benzene rings is 22. The molecule has 9 heteroatoms. The van der Waals surface area contributed by atoms with Gasteiger partial charge in [0, 0.05) is 124 Å². The van der Waals surface area contributed by atoms with Gasteiger partial charge in [0.25, 0.3) is 0 Å². The molecule has 28 aromatic rings. The lowest BCUT2D eigenvalue weighted by Crippen LogP contribution is -2.48. The highest BCUT2D eigenvalue weighted by Crippen LogP contribution is 2.67. The highest BCUT2D eigenvalue weighted by Gasteiger charge is 2.57. The topological polar surface area (TPSA) is 31.9 Å². The molecule has 0 amide bonds. The highest BCUT2D eigenvalue weighted by atomic mass is 32.2. The minimum Gasteiger partial charge on any atom is -0.309 e. The van der Waals surface area contributed by atoms with Crippen LogP contribution in [-0.4, -0.2) is 13.7 Å². The Balaban J connectivity index is 0.0000000982. The predicted molar refractivity (Wildman–Crippen MR) is 622 cm³/mol. The van der Waals surface area contributed by atoms with Gasteiger partial charge in [-0.2, -0.15) is 0 Å². The van der Waals surface area contributed by atoms with Crippen molar-refractivity contribution in [3.63, 3.8) is 0 Å². The van der Waals surface area contributed by atoms with Gasteiger partial charge in [-0.1, -0.05) is 432 Å². The average Bonchev–Trinajstić information content (AvgIpc) is 1.65. The Morgan fingerprint density at radius 2 is 0.524 bits per heavy atom. The molecule has 1 aliphatic carbocycles. The fourth-order valence-corrected chi connectivity index (χ4v) is 35.9. The number of rotatable bonds is 4. The molecule has 147 heavy (non-hydrogen) atoms. The molecule has 3 spiro atoms. The summed E-state index contributed by atoms with van der Waals surface area (Å²) in [6, 6.07) is 180. The number of aromatic nitrogens is 3. The van der Waals surface area contributed by atoms with Crippen LogP contribution in [0.3, 0.4) is 0 Å². The van der Waals surface area contributed by atoms with E-state index in [4.69, 9.17) is 0 Å². The number of hydrogen-bond acceptors (Lipinski definition) is 5. The van der Waals surface area contributed by atoms with Gasteiger partial charge in [-0.05, 0) is 190 Å². The molecule has 4 nitrogen and oxygen atoms in total. The van der Waals surface area contributed by atoms with Crippen molar-refractivity contribution in [3.05, 3.63) is 563 Å². The Kier molecular flexibility index (Phi) is 17.7. The molecule has 0 saturated carbocycles. The average molecular weight is 1960 g/mol. The first-order valence-electron chi connectivity index (χ1n) is 50.8. The van der Waals surface area contributed by atoms with Crippen LogP contribution in [0.5, 0.6) is 0 Å². The fraction of sp³-hybridized carbons (Fsp3) is 0.0435. The molecule has 22 aromatic carbocycles. The molecule has 4 atom stereocenters. The van der Waals surface area contributed by atoms with Crippen molar-refractivity contribution in [1.29, 1.82) is 0 Å². The first-order valence-corrected chi connectivity index (χ1v) is 55.7. The van der Waals surface area contributed by atoms with Gasteiger partial charge in [-0.25, -0.2) is 0 Å². The first-order chi connectivity index (χ1) is 72.6. The summed E-state index contributed by atoms with van der Waals surface area (Å²) >= 11 is 7.56. The summed E-state index contributed by atoms with van der Waals surface area (Å²) in [7, 11) is -3.38. The Labute approximate surface area is 864 Å². The van der Waals surface area contributed by atoms with E-state index in [1.165, 1.54) is 242 Å². The molecule has 6 aromatic heterocycles. The van der Waals surface area contributed by atoms with Crippen molar-refractivity contribution in [3.8, 4) is 50.4 Å². The molecule has 0 saturated heterocycles. The second kappa shape index (κ2) is 31.0.